The molecule has 0 unspecified atom stereocenters. The lowest BCUT2D eigenvalue weighted by molar-refractivity contribution is 1.30. The van der Waals surface area contributed by atoms with E-state index in [0.717, 1.165) is 33.3 Å². The molecular weight excluding hydrogens is 236 g/mol. The van der Waals surface area contributed by atoms with E-state index in [4.69, 9.17) is 0 Å². The normalized spacial score (nSPS) is 11.2. The molecule has 2 aromatic heterocycles. The van der Waals surface area contributed by atoms with Crippen LogP contribution in [0.2, 0.25) is 0 Å². The Balaban J connectivity index is 1.97. The van der Waals surface area contributed by atoms with E-state index in [-0.39, 0.29) is 0 Å². The zero-order valence-electron chi connectivity index (χ0n) is 10.0. The van der Waals surface area contributed by atoms with E-state index >= 15 is 0 Å². The van der Waals surface area contributed by atoms with Crippen LogP contribution >= 0.6 is 0 Å². The second kappa shape index (κ2) is 3.88. The highest BCUT2D eigenvalue weighted by Crippen LogP contribution is 2.21. The maximum absolute atomic E-state index is 4.49. The van der Waals surface area contributed by atoms with Gasteiger partial charge in [-0.25, -0.2) is 9.97 Å². The average Bonchev–Trinajstić information content (AvgIpc) is 2.92. The summed E-state index contributed by atoms with van der Waals surface area (Å²) in [6.45, 7) is 0. The number of hydrogen-bond acceptors (Lipinski definition) is 3. The van der Waals surface area contributed by atoms with Crippen LogP contribution in [0.25, 0.3) is 33.3 Å². The molecule has 4 rings (SSSR count). The molecule has 0 saturated carbocycles. The van der Waals surface area contributed by atoms with Gasteiger partial charge in [-0.2, -0.15) is 0 Å². The Kier molecular flexibility index (Phi) is 2.08. The minimum absolute atomic E-state index is 0.876. The van der Waals surface area contributed by atoms with Crippen LogP contribution in [0.5, 0.6) is 0 Å². The Morgan fingerprint density at radius 2 is 1.58 bits per heavy atom. The predicted molar refractivity (Wildman–Crippen MR) is 74.6 cm³/mol. The highest BCUT2D eigenvalue weighted by molar-refractivity contribution is 5.91. The van der Waals surface area contributed by atoms with Gasteiger partial charge < -0.3 is 4.98 Å². The molecule has 2 heterocycles. The standard InChI is InChI=1S/C15H10N4/c1-2-4-10(5-3-1)15-8-16-13-6-11-12(18-9-17-11)7-14(13)19-15/h1-9,19H. The fourth-order valence-electron chi connectivity index (χ4n) is 2.21. The smallest absolute Gasteiger partial charge is 0.116 e. The van der Waals surface area contributed by atoms with Crippen molar-refractivity contribution < 1.29 is 0 Å². The van der Waals surface area contributed by atoms with E-state index in [0.29, 0.717) is 0 Å². The van der Waals surface area contributed by atoms with Crippen LogP contribution in [0.3, 0.4) is 0 Å². The fraction of sp³-hybridized carbons (Fsp3) is 0. The summed E-state index contributed by atoms with van der Waals surface area (Å²) in [5, 5.41) is 0. The van der Waals surface area contributed by atoms with Gasteiger partial charge >= 0.3 is 0 Å². The van der Waals surface area contributed by atoms with Gasteiger partial charge in [0.1, 0.15) is 6.33 Å². The average molecular weight is 246 g/mol. The maximum Gasteiger partial charge on any atom is 0.116 e. The third-order valence-corrected chi connectivity index (χ3v) is 3.17. The molecule has 4 aromatic rings. The van der Waals surface area contributed by atoms with E-state index in [1.54, 1.807) is 6.33 Å². The molecular formula is C15H10N4. The molecule has 90 valence electrons. The van der Waals surface area contributed by atoms with Crippen molar-refractivity contribution in [3.63, 3.8) is 0 Å². The van der Waals surface area contributed by atoms with Gasteiger partial charge in [0.05, 0.1) is 34.0 Å². The van der Waals surface area contributed by atoms with E-state index in [9.17, 15) is 0 Å². The first-order chi connectivity index (χ1) is 9.40. The first-order valence-electron chi connectivity index (χ1n) is 6.05. The molecule has 0 spiro atoms. The van der Waals surface area contributed by atoms with Crippen LogP contribution in [0.15, 0.2) is 55.0 Å². The van der Waals surface area contributed by atoms with Crippen molar-refractivity contribution in [1.82, 2.24) is 19.9 Å². The van der Waals surface area contributed by atoms with Crippen LogP contribution in [0, 0.1) is 0 Å². The van der Waals surface area contributed by atoms with Gasteiger partial charge in [-0.1, -0.05) is 30.3 Å². The number of H-pyrrole nitrogens is 1. The van der Waals surface area contributed by atoms with E-state index in [1.165, 1.54) is 0 Å². The maximum atomic E-state index is 4.49. The summed E-state index contributed by atoms with van der Waals surface area (Å²) in [5.41, 5.74) is 5.73. The summed E-state index contributed by atoms with van der Waals surface area (Å²) in [6, 6.07) is 14.1. The fourth-order valence-corrected chi connectivity index (χ4v) is 2.21. The van der Waals surface area contributed by atoms with Gasteiger partial charge in [0.15, 0.2) is 0 Å². The third-order valence-electron chi connectivity index (χ3n) is 3.17. The second-order valence-electron chi connectivity index (χ2n) is 4.39. The summed E-state index contributed by atoms with van der Waals surface area (Å²) in [7, 11) is 0. The van der Waals surface area contributed by atoms with Crippen molar-refractivity contribution in [2.45, 2.75) is 0 Å². The molecule has 2 aromatic carbocycles. The first-order valence-corrected chi connectivity index (χ1v) is 6.05. The highest BCUT2D eigenvalue weighted by atomic mass is 14.9. The van der Waals surface area contributed by atoms with Crippen molar-refractivity contribution in [3.8, 4) is 11.3 Å². The second-order valence-corrected chi connectivity index (χ2v) is 4.39. The minimum Gasteiger partial charge on any atom is -0.352 e. The molecule has 0 amide bonds. The van der Waals surface area contributed by atoms with Crippen molar-refractivity contribution in [3.05, 3.63) is 55.0 Å². The number of aromatic amines is 1. The summed E-state index contributed by atoms with van der Waals surface area (Å²) >= 11 is 0. The molecule has 0 aliphatic carbocycles. The number of rotatable bonds is 1. The van der Waals surface area contributed by atoms with Gasteiger partial charge in [-0.15, -0.1) is 0 Å². The number of imidazole rings is 1. The summed E-state index contributed by atoms with van der Waals surface area (Å²) in [4.78, 5) is 16.3. The summed E-state index contributed by atoms with van der Waals surface area (Å²) in [5.74, 6) is 0. The number of nitrogens with one attached hydrogen (secondary N) is 1. The molecule has 0 aliphatic rings. The molecule has 0 saturated heterocycles. The SMILES string of the molecule is c1ccc(-c2cnc3cc4ncnc4cc3[nH]2)cc1. The molecule has 19 heavy (non-hydrogen) atoms. The predicted octanol–water partition coefficient (Wildman–Crippen LogP) is 3.17. The number of fused-ring (bicyclic) bond motifs is 2. The Hall–Kier alpha value is -2.75. The molecule has 0 bridgehead atoms. The minimum atomic E-state index is 0.876. The van der Waals surface area contributed by atoms with Crippen molar-refractivity contribution in [2.24, 2.45) is 0 Å². The van der Waals surface area contributed by atoms with Gasteiger partial charge in [0.2, 0.25) is 0 Å². The summed E-state index contributed by atoms with van der Waals surface area (Å²) < 4.78 is 0. The van der Waals surface area contributed by atoms with Crippen LogP contribution in [0.1, 0.15) is 0 Å². The van der Waals surface area contributed by atoms with Gasteiger partial charge in [0.25, 0.3) is 0 Å². The van der Waals surface area contributed by atoms with Gasteiger partial charge in [-0.3, -0.25) is 4.98 Å². The highest BCUT2D eigenvalue weighted by Gasteiger charge is 2.04. The molecule has 0 fully saturated rings. The number of hydrogen-bond donors (Lipinski definition) is 1. The summed E-state index contributed by atoms with van der Waals surface area (Å²) in [6.07, 6.45) is 3.42. The van der Waals surface area contributed by atoms with Crippen LogP contribution in [-0.2, 0) is 0 Å². The largest absolute Gasteiger partial charge is 0.352 e. The van der Waals surface area contributed by atoms with Crippen LogP contribution < -0.4 is 0 Å². The topological polar surface area (TPSA) is 54.5 Å². The van der Waals surface area contributed by atoms with Crippen molar-refractivity contribution in [1.29, 1.82) is 0 Å². The van der Waals surface area contributed by atoms with Crippen molar-refractivity contribution >= 4 is 22.1 Å². The number of aromatic nitrogens is 4. The lowest BCUT2D eigenvalue weighted by Crippen LogP contribution is -1.88. The zero-order chi connectivity index (χ0) is 12.7. The lowest BCUT2D eigenvalue weighted by Gasteiger charge is -2.04. The zero-order valence-corrected chi connectivity index (χ0v) is 10.0. The number of nitrogens with zero attached hydrogens (tertiary/aromatic N) is 3. The van der Waals surface area contributed by atoms with E-state index in [1.807, 2.05) is 36.5 Å². The molecule has 0 radical (unpaired) electrons. The lowest BCUT2D eigenvalue weighted by atomic mass is 10.1. The quantitative estimate of drug-likeness (QED) is 0.561. The van der Waals surface area contributed by atoms with E-state index < -0.39 is 0 Å². The number of benzene rings is 2. The molecule has 4 heteroatoms. The molecule has 4 nitrogen and oxygen atoms in total. The van der Waals surface area contributed by atoms with Crippen LogP contribution in [0.4, 0.5) is 0 Å². The Morgan fingerprint density at radius 1 is 0.789 bits per heavy atom. The van der Waals surface area contributed by atoms with E-state index in [2.05, 4.69) is 32.1 Å². The monoisotopic (exact) mass is 246 g/mol. The van der Waals surface area contributed by atoms with Gasteiger partial charge in [0, 0.05) is 0 Å². The van der Waals surface area contributed by atoms with Crippen LogP contribution in [-0.4, -0.2) is 19.9 Å². The van der Waals surface area contributed by atoms with Gasteiger partial charge in [-0.05, 0) is 17.7 Å². The Labute approximate surface area is 109 Å². The molecule has 1 N–H and O–H groups in total. The first kappa shape index (κ1) is 10.2. The molecule has 0 aliphatic heterocycles. The Morgan fingerprint density at radius 3 is 2.42 bits per heavy atom. The molecule has 0 atom stereocenters. The Bertz CT molecular complexity index is 865. The van der Waals surface area contributed by atoms with Crippen molar-refractivity contribution in [2.75, 3.05) is 0 Å². The third kappa shape index (κ3) is 1.65.